The van der Waals surface area contributed by atoms with Crippen molar-refractivity contribution in [3.8, 4) is 0 Å². The molecule has 5 rings (SSSR count). The number of H-pyrrole nitrogens is 1. The molecule has 1 aliphatic heterocycles. The number of aromatic amines is 1. The van der Waals surface area contributed by atoms with Crippen LogP contribution in [0.15, 0.2) is 60.7 Å². The number of piperazine rings is 1. The van der Waals surface area contributed by atoms with E-state index < -0.39 is 11.6 Å². The van der Waals surface area contributed by atoms with Gasteiger partial charge in [0.1, 0.15) is 11.6 Å². The van der Waals surface area contributed by atoms with Crippen LogP contribution >= 0.6 is 0 Å². The Balaban J connectivity index is 1.34. The van der Waals surface area contributed by atoms with E-state index in [0.29, 0.717) is 16.9 Å². The van der Waals surface area contributed by atoms with Gasteiger partial charge < -0.3 is 15.1 Å². The van der Waals surface area contributed by atoms with E-state index in [2.05, 4.69) is 32.4 Å². The number of anilines is 2. The Morgan fingerprint density at radius 3 is 2.31 bits per heavy atom. The predicted molar refractivity (Wildman–Crippen MR) is 134 cm³/mol. The molecule has 6 nitrogen and oxygen atoms in total. The highest BCUT2D eigenvalue weighted by molar-refractivity contribution is 6.08. The number of halogens is 2. The monoisotopic (exact) mass is 475 g/mol. The van der Waals surface area contributed by atoms with Gasteiger partial charge in [-0.05, 0) is 66.7 Å². The number of nitrogens with one attached hydrogen (secondary N) is 2. The zero-order chi connectivity index (χ0) is 24.5. The normalized spacial score (nSPS) is 15.4. The molecule has 1 aliphatic rings. The number of carbonyl (C=O) groups is 1. The van der Waals surface area contributed by atoms with Crippen molar-refractivity contribution in [3.05, 3.63) is 89.0 Å². The summed E-state index contributed by atoms with van der Waals surface area (Å²) in [5.41, 5.74) is 3.80. The Kier molecular flexibility index (Phi) is 6.21. The van der Waals surface area contributed by atoms with Crippen LogP contribution in [-0.4, -0.2) is 54.2 Å². The van der Waals surface area contributed by atoms with Crippen LogP contribution in [0.1, 0.15) is 34.3 Å². The van der Waals surface area contributed by atoms with Crippen LogP contribution in [0.5, 0.6) is 0 Å². The highest BCUT2D eigenvalue weighted by Gasteiger charge is 2.17. The minimum atomic E-state index is -0.608. The summed E-state index contributed by atoms with van der Waals surface area (Å²) in [6, 6.07) is 16.7. The van der Waals surface area contributed by atoms with Gasteiger partial charge in [0.05, 0.1) is 5.52 Å². The highest BCUT2D eigenvalue weighted by atomic mass is 19.1. The fourth-order valence-corrected chi connectivity index (χ4v) is 4.48. The highest BCUT2D eigenvalue weighted by Crippen LogP contribution is 2.30. The van der Waals surface area contributed by atoms with Gasteiger partial charge in [0, 0.05) is 54.8 Å². The summed E-state index contributed by atoms with van der Waals surface area (Å²) in [5, 5.41) is 10.8. The van der Waals surface area contributed by atoms with Crippen LogP contribution in [0.25, 0.3) is 10.9 Å². The van der Waals surface area contributed by atoms with E-state index in [1.165, 1.54) is 12.1 Å². The lowest BCUT2D eigenvalue weighted by molar-refractivity contribution is 0.102. The van der Waals surface area contributed by atoms with E-state index in [1.54, 1.807) is 0 Å². The molecule has 35 heavy (non-hydrogen) atoms. The zero-order valence-corrected chi connectivity index (χ0v) is 19.7. The van der Waals surface area contributed by atoms with E-state index in [4.69, 9.17) is 0 Å². The molecule has 1 atom stereocenters. The molecule has 1 fully saturated rings. The fraction of sp³-hybridized carbons (Fsp3) is 0.259. The maximum atomic E-state index is 13.7. The number of fused-ring (bicyclic) bond motifs is 1. The first-order valence-corrected chi connectivity index (χ1v) is 11.7. The molecule has 1 amide bonds. The van der Waals surface area contributed by atoms with Crippen molar-refractivity contribution in [2.45, 2.75) is 12.8 Å². The van der Waals surface area contributed by atoms with Crippen LogP contribution in [-0.2, 0) is 0 Å². The van der Waals surface area contributed by atoms with Gasteiger partial charge in [0.2, 0.25) is 0 Å². The zero-order valence-electron chi connectivity index (χ0n) is 19.7. The first-order chi connectivity index (χ1) is 16.9. The first kappa shape index (κ1) is 23.0. The molecule has 0 spiro atoms. The van der Waals surface area contributed by atoms with E-state index >= 15 is 0 Å². The number of amides is 1. The standard InChI is InChI=1S/C27H27F2N5O/c1-17(20-13-21(28)16-22(29)14-20)19-5-8-25-24(15-19)26(32-31-25)30-27(35)18-3-6-23(7-4-18)34-11-9-33(2)10-12-34/h3-8,13-17H,9-12H2,1-2H3,(H2,30,31,32,35). The van der Waals surface area contributed by atoms with Crippen LogP contribution in [0, 0.1) is 11.6 Å². The smallest absolute Gasteiger partial charge is 0.256 e. The lowest BCUT2D eigenvalue weighted by Gasteiger charge is -2.34. The summed E-state index contributed by atoms with van der Waals surface area (Å²) >= 11 is 0. The lowest BCUT2D eigenvalue weighted by atomic mass is 9.92. The van der Waals surface area contributed by atoms with Crippen molar-refractivity contribution in [2.75, 3.05) is 43.4 Å². The predicted octanol–water partition coefficient (Wildman–Crippen LogP) is 5.00. The Hall–Kier alpha value is -3.78. The second kappa shape index (κ2) is 9.46. The van der Waals surface area contributed by atoms with Gasteiger partial charge in [0.15, 0.2) is 5.82 Å². The van der Waals surface area contributed by atoms with Crippen molar-refractivity contribution in [1.29, 1.82) is 0 Å². The van der Waals surface area contributed by atoms with Gasteiger partial charge in [0.25, 0.3) is 5.91 Å². The number of hydrogen-bond donors (Lipinski definition) is 2. The number of aromatic nitrogens is 2. The second-order valence-corrected chi connectivity index (χ2v) is 9.09. The van der Waals surface area contributed by atoms with E-state index in [1.807, 2.05) is 49.4 Å². The Bertz CT molecular complexity index is 1340. The van der Waals surface area contributed by atoms with Crippen molar-refractivity contribution < 1.29 is 13.6 Å². The van der Waals surface area contributed by atoms with Crippen molar-refractivity contribution in [3.63, 3.8) is 0 Å². The molecule has 0 radical (unpaired) electrons. The summed E-state index contributed by atoms with van der Waals surface area (Å²) in [6.07, 6.45) is 0. The number of rotatable bonds is 5. The molecule has 180 valence electrons. The molecule has 0 bridgehead atoms. The molecule has 2 N–H and O–H groups in total. The Morgan fingerprint density at radius 2 is 1.63 bits per heavy atom. The summed E-state index contributed by atoms with van der Waals surface area (Å²) < 4.78 is 27.4. The maximum absolute atomic E-state index is 13.7. The average Bonchev–Trinajstić information content (AvgIpc) is 3.25. The van der Waals surface area contributed by atoms with Crippen molar-refractivity contribution in [2.24, 2.45) is 0 Å². The van der Waals surface area contributed by atoms with Crippen LogP contribution in [0.3, 0.4) is 0 Å². The second-order valence-electron chi connectivity index (χ2n) is 9.09. The summed E-state index contributed by atoms with van der Waals surface area (Å²) in [4.78, 5) is 17.5. The summed E-state index contributed by atoms with van der Waals surface area (Å²) in [5.74, 6) is -1.31. The van der Waals surface area contributed by atoms with Gasteiger partial charge in [-0.2, -0.15) is 5.10 Å². The molecule has 1 unspecified atom stereocenters. The van der Waals surface area contributed by atoms with Crippen molar-refractivity contribution >= 4 is 28.3 Å². The van der Waals surface area contributed by atoms with E-state index in [-0.39, 0.29) is 11.8 Å². The van der Waals surface area contributed by atoms with Gasteiger partial charge in [-0.15, -0.1) is 0 Å². The van der Waals surface area contributed by atoms with E-state index in [9.17, 15) is 13.6 Å². The molecular formula is C27H27F2N5O. The minimum absolute atomic E-state index is 0.245. The topological polar surface area (TPSA) is 64.3 Å². The van der Waals surface area contributed by atoms with Crippen LogP contribution < -0.4 is 10.2 Å². The Morgan fingerprint density at radius 1 is 0.943 bits per heavy atom. The summed E-state index contributed by atoms with van der Waals surface area (Å²) in [7, 11) is 2.12. The van der Waals surface area contributed by atoms with Gasteiger partial charge in [-0.3, -0.25) is 9.89 Å². The first-order valence-electron chi connectivity index (χ1n) is 11.7. The fourth-order valence-electron chi connectivity index (χ4n) is 4.48. The molecule has 2 heterocycles. The quantitative estimate of drug-likeness (QED) is 0.427. The lowest BCUT2D eigenvalue weighted by Crippen LogP contribution is -2.44. The SMILES string of the molecule is CC(c1cc(F)cc(F)c1)c1ccc2[nH]nc(NC(=O)c3ccc(N4CCN(C)CC4)cc3)c2c1. The van der Waals surface area contributed by atoms with Crippen LogP contribution in [0.4, 0.5) is 20.3 Å². The maximum Gasteiger partial charge on any atom is 0.256 e. The van der Waals surface area contributed by atoms with Crippen LogP contribution in [0.2, 0.25) is 0 Å². The largest absolute Gasteiger partial charge is 0.369 e. The third-order valence-electron chi connectivity index (χ3n) is 6.70. The molecule has 1 aromatic heterocycles. The average molecular weight is 476 g/mol. The minimum Gasteiger partial charge on any atom is -0.369 e. The third kappa shape index (κ3) is 4.88. The number of carbonyl (C=O) groups excluding carboxylic acids is 1. The Labute approximate surface area is 202 Å². The summed E-state index contributed by atoms with van der Waals surface area (Å²) in [6.45, 7) is 5.84. The third-order valence-corrected chi connectivity index (χ3v) is 6.70. The van der Waals surface area contributed by atoms with E-state index in [0.717, 1.165) is 54.4 Å². The van der Waals surface area contributed by atoms with Gasteiger partial charge in [-0.25, -0.2) is 8.78 Å². The van der Waals surface area contributed by atoms with Crippen molar-refractivity contribution in [1.82, 2.24) is 15.1 Å². The molecule has 1 saturated heterocycles. The number of likely N-dealkylation sites (N-methyl/N-ethyl adjacent to an activating group) is 1. The molecule has 3 aromatic carbocycles. The molecule has 4 aromatic rings. The number of benzene rings is 3. The molecule has 0 aliphatic carbocycles. The molecular weight excluding hydrogens is 448 g/mol. The number of nitrogens with zero attached hydrogens (tertiary/aromatic N) is 3. The van der Waals surface area contributed by atoms with Gasteiger partial charge >= 0.3 is 0 Å². The molecule has 0 saturated carbocycles. The van der Waals surface area contributed by atoms with Gasteiger partial charge in [-0.1, -0.05) is 13.0 Å². The molecule has 8 heteroatoms. The number of hydrogen-bond acceptors (Lipinski definition) is 4.